The average molecular weight is 414 g/mol. The molecular weight excluding hydrogens is 392 g/mol. The van der Waals surface area contributed by atoms with Gasteiger partial charge in [-0.15, -0.1) is 0 Å². The second-order valence-corrected chi connectivity index (χ2v) is 7.62. The average Bonchev–Trinajstić information content (AvgIpc) is 2.67. The molecule has 2 rings (SSSR count). The van der Waals surface area contributed by atoms with E-state index < -0.39 is 46.7 Å². The number of benzene rings is 1. The zero-order valence-electron chi connectivity index (χ0n) is 15.6. The molecule has 0 spiro atoms. The van der Waals surface area contributed by atoms with Gasteiger partial charge in [-0.3, -0.25) is 8.98 Å². The molecule has 1 saturated heterocycles. The summed E-state index contributed by atoms with van der Waals surface area (Å²) in [5.41, 5.74) is 8.98. The van der Waals surface area contributed by atoms with Crippen LogP contribution in [-0.4, -0.2) is 72.0 Å². The Morgan fingerprint density at radius 3 is 2.46 bits per heavy atom. The van der Waals surface area contributed by atoms with E-state index in [2.05, 4.69) is 15.3 Å². The summed E-state index contributed by atoms with van der Waals surface area (Å²) in [6, 6.07) is 7.54. The lowest BCUT2D eigenvalue weighted by Gasteiger charge is -2.44. The van der Waals surface area contributed by atoms with Gasteiger partial charge in [-0.2, -0.15) is 8.42 Å². The van der Waals surface area contributed by atoms with Crippen LogP contribution in [0, 0.1) is 0 Å². The molecule has 0 bridgehead atoms. The number of hydrogen-bond donors (Lipinski definition) is 1. The molecule has 1 fully saturated rings. The zero-order valence-corrected chi connectivity index (χ0v) is 16.4. The molecule has 1 aromatic carbocycles. The van der Waals surface area contributed by atoms with Crippen molar-refractivity contribution < 1.29 is 31.6 Å². The molecule has 11 nitrogen and oxygen atoms in total. The number of carbonyl (C=O) groups is 1. The molecular formula is C16H22N4O7S. The predicted octanol–water partition coefficient (Wildman–Crippen LogP) is 0.826. The summed E-state index contributed by atoms with van der Waals surface area (Å²) in [5, 5.41) is 6.17. The van der Waals surface area contributed by atoms with Crippen molar-refractivity contribution >= 4 is 16.0 Å². The van der Waals surface area contributed by atoms with E-state index in [0.29, 0.717) is 5.56 Å². The van der Waals surface area contributed by atoms with Crippen LogP contribution in [0.15, 0.2) is 35.4 Å². The number of hydrogen-bond acceptors (Lipinski definition) is 8. The summed E-state index contributed by atoms with van der Waals surface area (Å²) < 4.78 is 45.0. The Morgan fingerprint density at radius 1 is 1.25 bits per heavy atom. The summed E-state index contributed by atoms with van der Waals surface area (Å²) in [6.45, 7) is -0.213. The molecule has 0 radical (unpaired) electrons. The van der Waals surface area contributed by atoms with Crippen LogP contribution in [0.5, 0.6) is 0 Å². The molecule has 12 heteroatoms. The van der Waals surface area contributed by atoms with E-state index in [9.17, 15) is 13.2 Å². The van der Waals surface area contributed by atoms with Gasteiger partial charge in [0.2, 0.25) is 0 Å². The quantitative estimate of drug-likeness (QED) is 0.286. The minimum atomic E-state index is -3.90. The van der Waals surface area contributed by atoms with Gasteiger partial charge in [-0.1, -0.05) is 23.3 Å². The third-order valence-corrected chi connectivity index (χ3v) is 4.67. The zero-order chi connectivity index (χ0) is 20.7. The normalized spacial score (nSPS) is 27.6. The molecule has 5 atom stereocenters. The van der Waals surface area contributed by atoms with E-state index >= 15 is 0 Å². The molecule has 1 aliphatic heterocycles. The Labute approximate surface area is 162 Å². The van der Waals surface area contributed by atoms with Crippen molar-refractivity contribution in [2.75, 3.05) is 27.0 Å². The van der Waals surface area contributed by atoms with E-state index in [4.69, 9.17) is 23.9 Å². The summed E-state index contributed by atoms with van der Waals surface area (Å²) in [5.74, 6) is -0.426. The van der Waals surface area contributed by atoms with Gasteiger partial charge in [0, 0.05) is 24.7 Å². The molecule has 1 aliphatic rings. The fourth-order valence-corrected chi connectivity index (χ4v) is 3.58. The Morgan fingerprint density at radius 2 is 1.93 bits per heavy atom. The first-order valence-corrected chi connectivity index (χ1v) is 10.1. The Kier molecular flexibility index (Phi) is 7.75. The van der Waals surface area contributed by atoms with Gasteiger partial charge in [0.25, 0.3) is 16.0 Å². The maximum absolute atomic E-state index is 12.6. The fourth-order valence-electron chi connectivity index (χ4n) is 2.94. The lowest BCUT2D eigenvalue weighted by Crippen LogP contribution is -2.65. The largest absolute Gasteiger partial charge is 0.376 e. The number of amides is 1. The first-order valence-electron chi connectivity index (χ1n) is 8.26. The summed E-state index contributed by atoms with van der Waals surface area (Å²) in [4.78, 5) is 15.2. The molecule has 154 valence electrons. The van der Waals surface area contributed by atoms with Crippen molar-refractivity contribution in [3.05, 3.63) is 46.3 Å². The van der Waals surface area contributed by atoms with Crippen molar-refractivity contribution in [2.45, 2.75) is 30.6 Å². The third-order valence-electron chi connectivity index (χ3n) is 4.10. The van der Waals surface area contributed by atoms with Crippen molar-refractivity contribution in [3.8, 4) is 0 Å². The highest BCUT2D eigenvalue weighted by molar-refractivity contribution is 7.86. The lowest BCUT2D eigenvalue weighted by atomic mass is 9.96. The van der Waals surface area contributed by atoms with Gasteiger partial charge < -0.3 is 19.5 Å². The number of ether oxygens (including phenoxy) is 3. The Hall–Kier alpha value is -2.21. The van der Waals surface area contributed by atoms with E-state index in [1.54, 1.807) is 30.3 Å². The van der Waals surface area contributed by atoms with Crippen molar-refractivity contribution in [3.63, 3.8) is 0 Å². The minimum absolute atomic E-state index is 0.213. The van der Waals surface area contributed by atoms with Crippen molar-refractivity contribution in [1.29, 1.82) is 0 Å². The first kappa shape index (κ1) is 22.1. The van der Waals surface area contributed by atoms with Crippen LogP contribution >= 0.6 is 0 Å². The topological polar surface area (TPSA) is 149 Å². The summed E-state index contributed by atoms with van der Waals surface area (Å²) in [7, 11) is -1.20. The Bertz CT molecular complexity index is 814. The molecule has 28 heavy (non-hydrogen) atoms. The Balaban J connectivity index is 2.33. The lowest BCUT2D eigenvalue weighted by molar-refractivity contribution is -0.251. The standard InChI is InChI=1S/C16H22N4O7S/c1-24-14-12(19-15(21)10-7-5-4-6-8-10)16(25-2)26-11(9-18-20-17)13(14)27-28(3,22)23/h4-8,11-14,16H,9H2,1-3H3,(H,19,21)/t11-,12-,13+,14-,16+/m1/s1. The second kappa shape index (κ2) is 9.82. The van der Waals surface area contributed by atoms with E-state index in [1.165, 1.54) is 14.2 Å². The molecule has 0 saturated carbocycles. The molecule has 1 N–H and O–H groups in total. The van der Waals surface area contributed by atoms with Crippen molar-refractivity contribution in [1.82, 2.24) is 5.32 Å². The number of carbonyl (C=O) groups excluding carboxylic acids is 1. The molecule has 0 aliphatic carbocycles. The maximum Gasteiger partial charge on any atom is 0.264 e. The van der Waals surface area contributed by atoms with Gasteiger partial charge in [-0.25, -0.2) is 0 Å². The van der Waals surface area contributed by atoms with Crippen LogP contribution in [0.3, 0.4) is 0 Å². The predicted molar refractivity (Wildman–Crippen MR) is 97.9 cm³/mol. The highest BCUT2D eigenvalue weighted by Gasteiger charge is 2.49. The van der Waals surface area contributed by atoms with Crippen LogP contribution in [0.1, 0.15) is 10.4 Å². The van der Waals surface area contributed by atoms with E-state index in [0.717, 1.165) is 6.26 Å². The van der Waals surface area contributed by atoms with Gasteiger partial charge in [0.15, 0.2) is 6.29 Å². The van der Waals surface area contributed by atoms with Crippen LogP contribution in [-0.2, 0) is 28.5 Å². The highest BCUT2D eigenvalue weighted by atomic mass is 32.2. The first-order chi connectivity index (χ1) is 13.3. The van der Waals surface area contributed by atoms with Crippen molar-refractivity contribution in [2.24, 2.45) is 5.11 Å². The molecule has 0 aromatic heterocycles. The number of azide groups is 1. The third kappa shape index (κ3) is 5.64. The molecule has 1 aromatic rings. The maximum atomic E-state index is 12.6. The van der Waals surface area contributed by atoms with Crippen LogP contribution in [0.4, 0.5) is 0 Å². The fraction of sp³-hybridized carbons (Fsp3) is 0.562. The van der Waals surface area contributed by atoms with Gasteiger partial charge >= 0.3 is 0 Å². The number of nitrogens with one attached hydrogen (secondary N) is 1. The molecule has 0 unspecified atom stereocenters. The number of nitrogens with zero attached hydrogens (tertiary/aromatic N) is 3. The van der Waals surface area contributed by atoms with Gasteiger partial charge in [0.1, 0.15) is 18.2 Å². The van der Waals surface area contributed by atoms with Gasteiger partial charge in [-0.05, 0) is 17.7 Å². The highest BCUT2D eigenvalue weighted by Crippen LogP contribution is 2.28. The smallest absolute Gasteiger partial charge is 0.264 e. The second-order valence-electron chi connectivity index (χ2n) is 6.02. The molecule has 1 heterocycles. The van der Waals surface area contributed by atoms with Crippen LogP contribution in [0.2, 0.25) is 0 Å². The minimum Gasteiger partial charge on any atom is -0.376 e. The van der Waals surface area contributed by atoms with Crippen LogP contribution in [0.25, 0.3) is 10.4 Å². The van der Waals surface area contributed by atoms with Gasteiger partial charge in [0.05, 0.1) is 18.9 Å². The van der Waals surface area contributed by atoms with E-state index in [-0.39, 0.29) is 6.54 Å². The summed E-state index contributed by atoms with van der Waals surface area (Å²) >= 11 is 0. The van der Waals surface area contributed by atoms with Crippen LogP contribution < -0.4 is 5.32 Å². The number of rotatable bonds is 8. The van der Waals surface area contributed by atoms with E-state index in [1.807, 2.05) is 0 Å². The summed E-state index contributed by atoms with van der Waals surface area (Å²) in [6.07, 6.45) is -3.20. The molecule has 1 amide bonds. The SMILES string of the molecule is CO[C@H]1O[C@H](CN=[N+]=[N-])[C@H](OS(C)(=O)=O)[C@H](OC)[C@H]1NC(=O)c1ccccc1. The monoisotopic (exact) mass is 414 g/mol. The number of methoxy groups -OCH3 is 2.